The Bertz CT molecular complexity index is 2550. The van der Waals surface area contributed by atoms with Gasteiger partial charge in [0.2, 0.25) is 5.91 Å². The molecule has 1 atom stereocenters. The molecule has 4 heterocycles. The quantitative estimate of drug-likeness (QED) is 0.0528. The van der Waals surface area contributed by atoms with E-state index in [9.17, 15) is 28.8 Å². The average Bonchev–Trinajstić information content (AvgIpc) is 3.95. The Morgan fingerprint density at radius 1 is 0.857 bits per heavy atom. The molecule has 0 spiro atoms. The third-order valence-corrected chi connectivity index (χ3v) is 11.2. The Morgan fingerprint density at radius 3 is 2.33 bits per heavy atom. The maximum Gasteiger partial charge on any atom is 0.324 e. The number of urea groups is 1. The van der Waals surface area contributed by atoms with E-state index in [0.29, 0.717) is 30.1 Å². The Hall–Kier alpha value is -6.84. The molecule has 330 valence electrons. The van der Waals surface area contributed by atoms with Gasteiger partial charge < -0.3 is 14.8 Å². The number of likely N-dealkylation sites (tertiary alicyclic amines) is 1. The third kappa shape index (κ3) is 9.95. The van der Waals surface area contributed by atoms with Crippen molar-refractivity contribution in [3.05, 3.63) is 95.4 Å². The summed E-state index contributed by atoms with van der Waals surface area (Å²) in [5.41, 5.74) is 4.51. The molecule has 0 bridgehead atoms. The first kappa shape index (κ1) is 44.2. The number of piperidine rings is 1. The molecule has 6 amide bonds. The van der Waals surface area contributed by atoms with E-state index >= 15 is 0 Å². The second-order valence-corrected chi connectivity index (χ2v) is 18.0. The van der Waals surface area contributed by atoms with E-state index in [1.165, 1.54) is 0 Å². The number of amides is 6. The minimum absolute atomic E-state index is 0.0105. The molecule has 2 aliphatic heterocycles. The standard InChI is InChI=1S/C47H54N8O8/c1-46(2,3)37-26-38(52-51-37)50-45(61)49-30-16-18-31(19-17-30)53-27-48-34-25-32(20-21-35(34)53)62-24-11-9-7-8-10-13-29-14-12-15-33-40(29)43(59)55(41(33)57)36-22-23-39(56)54(42(36)58)28-63-44(60)47(4,5)6/h12,14-21,25-27,36H,7-11,13,22-24,28H2,1-6H3,(H3,49,50,51,52,61). The summed E-state index contributed by atoms with van der Waals surface area (Å²) < 4.78 is 13.3. The highest BCUT2D eigenvalue weighted by Crippen LogP contribution is 2.33. The number of nitrogens with zero attached hydrogens (tertiary/aromatic N) is 5. The summed E-state index contributed by atoms with van der Waals surface area (Å²) in [7, 11) is 0. The summed E-state index contributed by atoms with van der Waals surface area (Å²) in [5.74, 6) is -1.76. The molecular formula is C47H54N8O8. The van der Waals surface area contributed by atoms with E-state index in [1.54, 1.807) is 39.2 Å². The number of imidazole rings is 1. The number of fused-ring (bicyclic) bond motifs is 2. The van der Waals surface area contributed by atoms with Gasteiger partial charge in [-0.15, -0.1) is 0 Å². The fourth-order valence-corrected chi connectivity index (χ4v) is 7.58. The predicted octanol–water partition coefficient (Wildman–Crippen LogP) is 7.92. The van der Waals surface area contributed by atoms with Crippen molar-refractivity contribution in [3.63, 3.8) is 0 Å². The molecule has 3 N–H and O–H groups in total. The first-order valence-corrected chi connectivity index (χ1v) is 21.3. The normalized spacial score (nSPS) is 15.6. The first-order valence-electron chi connectivity index (χ1n) is 21.3. The second-order valence-electron chi connectivity index (χ2n) is 18.0. The molecule has 16 nitrogen and oxygen atoms in total. The van der Waals surface area contributed by atoms with Gasteiger partial charge in [-0.2, -0.15) is 5.10 Å². The van der Waals surface area contributed by atoms with Crippen LogP contribution in [0.4, 0.5) is 16.3 Å². The number of carbonyl (C=O) groups excluding carboxylic acids is 6. The lowest BCUT2D eigenvalue weighted by Gasteiger charge is -2.34. The van der Waals surface area contributed by atoms with Crippen LogP contribution in [0.25, 0.3) is 16.7 Å². The lowest BCUT2D eigenvalue weighted by molar-refractivity contribution is -0.168. The smallest absolute Gasteiger partial charge is 0.324 e. The van der Waals surface area contributed by atoms with Crippen LogP contribution in [0.1, 0.15) is 118 Å². The molecule has 0 aliphatic carbocycles. The van der Waals surface area contributed by atoms with Crippen molar-refractivity contribution >= 4 is 58.2 Å². The zero-order valence-electron chi connectivity index (χ0n) is 36.6. The second kappa shape index (κ2) is 18.2. The van der Waals surface area contributed by atoms with Crippen molar-refractivity contribution in [2.45, 2.75) is 104 Å². The molecule has 0 radical (unpaired) electrons. The minimum Gasteiger partial charge on any atom is -0.494 e. The maximum absolute atomic E-state index is 13.8. The van der Waals surface area contributed by atoms with Gasteiger partial charge in [-0.3, -0.25) is 43.9 Å². The molecule has 7 rings (SSSR count). The summed E-state index contributed by atoms with van der Waals surface area (Å²) in [6.07, 6.45) is 6.78. The molecule has 16 heteroatoms. The third-order valence-electron chi connectivity index (χ3n) is 11.2. The molecule has 1 fully saturated rings. The average molecular weight is 859 g/mol. The van der Waals surface area contributed by atoms with Crippen molar-refractivity contribution in [2.75, 3.05) is 24.0 Å². The van der Waals surface area contributed by atoms with Gasteiger partial charge in [0.15, 0.2) is 12.5 Å². The number of ether oxygens (including phenoxy) is 2. The van der Waals surface area contributed by atoms with Crippen molar-refractivity contribution in [1.29, 1.82) is 0 Å². The highest BCUT2D eigenvalue weighted by molar-refractivity contribution is 6.24. The number of imide groups is 2. The van der Waals surface area contributed by atoms with Crippen LogP contribution in [-0.2, 0) is 31.0 Å². The Kier molecular flexibility index (Phi) is 12.8. The number of unbranched alkanes of at least 4 members (excludes halogenated alkanes) is 4. The van der Waals surface area contributed by atoms with Gasteiger partial charge in [0.05, 0.1) is 34.2 Å². The van der Waals surface area contributed by atoms with Gasteiger partial charge in [-0.1, -0.05) is 52.2 Å². The number of anilines is 2. The van der Waals surface area contributed by atoms with Crippen molar-refractivity contribution in [1.82, 2.24) is 29.5 Å². The molecule has 63 heavy (non-hydrogen) atoms. The molecular weight excluding hydrogens is 805 g/mol. The largest absolute Gasteiger partial charge is 0.494 e. The fraction of sp³-hybridized carbons (Fsp3) is 0.404. The SMILES string of the molecule is CC(C)(C)C(=O)OCN1C(=O)CCC(N2C(=O)c3cccc(CCCCCCCOc4ccc5c(c4)ncn5-c4ccc(NC(=O)Nc5cc(C(C)(C)C)[nH]n5)cc4)c3C2=O)C1=O. The number of aromatic amines is 1. The highest BCUT2D eigenvalue weighted by Gasteiger charge is 2.48. The Labute approximate surface area is 365 Å². The highest BCUT2D eigenvalue weighted by atomic mass is 16.5. The molecule has 2 aliphatic rings. The summed E-state index contributed by atoms with van der Waals surface area (Å²) in [6.45, 7) is 11.1. The minimum atomic E-state index is -1.16. The number of esters is 1. The van der Waals surface area contributed by atoms with Crippen LogP contribution in [0.5, 0.6) is 5.75 Å². The molecule has 1 saturated heterocycles. The number of rotatable bonds is 15. The number of hydrogen-bond donors (Lipinski definition) is 3. The van der Waals surface area contributed by atoms with E-state index in [0.717, 1.165) is 75.6 Å². The maximum atomic E-state index is 13.8. The van der Waals surface area contributed by atoms with Gasteiger partial charge in [-0.05, 0) is 94.5 Å². The number of benzene rings is 3. The van der Waals surface area contributed by atoms with E-state index < -0.39 is 47.8 Å². The van der Waals surface area contributed by atoms with Gasteiger partial charge in [0.25, 0.3) is 17.7 Å². The number of hydrogen-bond acceptors (Lipinski definition) is 10. The lowest BCUT2D eigenvalue weighted by Crippen LogP contribution is -2.56. The van der Waals surface area contributed by atoms with Crippen LogP contribution in [0.15, 0.2) is 73.1 Å². The summed E-state index contributed by atoms with van der Waals surface area (Å²) in [5, 5.41) is 12.7. The van der Waals surface area contributed by atoms with Gasteiger partial charge in [0.1, 0.15) is 18.1 Å². The summed E-state index contributed by atoms with van der Waals surface area (Å²) in [4.78, 5) is 84.6. The number of aromatic nitrogens is 4. The van der Waals surface area contributed by atoms with Gasteiger partial charge in [-0.25, -0.2) is 14.7 Å². The van der Waals surface area contributed by atoms with E-state index in [1.807, 2.05) is 59.2 Å². The number of carbonyl (C=O) groups is 6. The van der Waals surface area contributed by atoms with Gasteiger partial charge >= 0.3 is 12.0 Å². The Balaban J connectivity index is 0.839. The topological polar surface area (TPSA) is 198 Å². The van der Waals surface area contributed by atoms with Crippen molar-refractivity contribution in [2.24, 2.45) is 5.41 Å². The monoisotopic (exact) mass is 858 g/mol. The van der Waals surface area contributed by atoms with Crippen LogP contribution in [0.3, 0.4) is 0 Å². The van der Waals surface area contributed by atoms with Crippen LogP contribution in [0, 0.1) is 5.41 Å². The Morgan fingerprint density at radius 2 is 1.60 bits per heavy atom. The van der Waals surface area contributed by atoms with Gasteiger partial charge in [0, 0.05) is 41.0 Å². The summed E-state index contributed by atoms with van der Waals surface area (Å²) >= 11 is 0. The number of aryl methyl sites for hydroxylation is 1. The van der Waals surface area contributed by atoms with Crippen LogP contribution in [-0.4, -0.2) is 84.6 Å². The first-order chi connectivity index (χ1) is 30.0. The van der Waals surface area contributed by atoms with Crippen LogP contribution in [0.2, 0.25) is 0 Å². The van der Waals surface area contributed by atoms with Crippen LogP contribution >= 0.6 is 0 Å². The summed E-state index contributed by atoms with van der Waals surface area (Å²) in [6, 6.07) is 18.7. The number of H-pyrrole nitrogens is 1. The molecule has 2 aromatic heterocycles. The number of nitrogens with one attached hydrogen (secondary N) is 3. The zero-order chi connectivity index (χ0) is 45.1. The van der Waals surface area contributed by atoms with E-state index in [-0.39, 0.29) is 29.9 Å². The molecule has 5 aromatic rings. The van der Waals surface area contributed by atoms with E-state index in [2.05, 4.69) is 46.6 Å². The van der Waals surface area contributed by atoms with Crippen molar-refractivity contribution in [3.8, 4) is 11.4 Å². The predicted molar refractivity (Wildman–Crippen MR) is 236 cm³/mol. The molecule has 0 saturated carbocycles. The fourth-order valence-electron chi connectivity index (χ4n) is 7.58. The van der Waals surface area contributed by atoms with Crippen molar-refractivity contribution < 1.29 is 38.2 Å². The molecule has 3 aromatic carbocycles. The lowest BCUT2D eigenvalue weighted by atomic mass is 9.92. The molecule has 1 unspecified atom stereocenters. The van der Waals surface area contributed by atoms with E-state index in [4.69, 9.17) is 9.47 Å². The zero-order valence-corrected chi connectivity index (χ0v) is 36.6. The van der Waals surface area contributed by atoms with Crippen LogP contribution < -0.4 is 15.4 Å².